The van der Waals surface area contributed by atoms with Crippen LogP contribution in [0.1, 0.15) is 42.3 Å². The maximum Gasteiger partial charge on any atom is 0.335 e. The number of carbonyl (C=O) groups is 2. The molecule has 1 amide bonds. The fourth-order valence-corrected chi connectivity index (χ4v) is 2.66. The van der Waals surface area contributed by atoms with E-state index in [2.05, 4.69) is 20.3 Å². The summed E-state index contributed by atoms with van der Waals surface area (Å²) in [5.41, 5.74) is 1.36. The molecule has 3 rings (SSSR count). The summed E-state index contributed by atoms with van der Waals surface area (Å²) >= 11 is 0. The first-order valence-electron chi connectivity index (χ1n) is 9.16. The lowest BCUT2D eigenvalue weighted by Crippen LogP contribution is -2.29. The van der Waals surface area contributed by atoms with Crippen LogP contribution in [0.3, 0.4) is 0 Å². The molecular formula is C21H22N4O4. The van der Waals surface area contributed by atoms with Crippen LogP contribution in [0.2, 0.25) is 0 Å². The Bertz CT molecular complexity index is 1130. The molecule has 2 heterocycles. The summed E-state index contributed by atoms with van der Waals surface area (Å²) in [5.74, 6) is -1.15. The highest BCUT2D eigenvalue weighted by Gasteiger charge is 2.22. The number of nitrogens with zero attached hydrogens (tertiary/aromatic N) is 2. The summed E-state index contributed by atoms with van der Waals surface area (Å²) in [6, 6.07) is 8.42. The normalized spacial score (nSPS) is 11.4. The Kier molecular flexibility index (Phi) is 5.45. The standard InChI is InChI=1S/C21H22N4O4/c1-21(2,3)19(29)25-20-23-16-15(17(26)24-20)10-13(11-22-16)5-4-12-6-8-14(9-7-12)18(27)28/h6-11H,4-5H2,1-3H3,(H,27,28)(H2,22,23,24,25,26,29). The number of rotatable bonds is 5. The van der Waals surface area contributed by atoms with E-state index in [9.17, 15) is 14.4 Å². The van der Waals surface area contributed by atoms with Crippen molar-refractivity contribution in [1.29, 1.82) is 0 Å². The Morgan fingerprint density at radius 3 is 2.38 bits per heavy atom. The Morgan fingerprint density at radius 2 is 1.76 bits per heavy atom. The molecule has 0 aliphatic carbocycles. The Hall–Kier alpha value is -3.55. The number of nitrogens with one attached hydrogen (secondary N) is 2. The van der Waals surface area contributed by atoms with Gasteiger partial charge in [-0.25, -0.2) is 9.78 Å². The summed E-state index contributed by atoms with van der Waals surface area (Å²) in [6.07, 6.45) is 2.96. The van der Waals surface area contributed by atoms with Gasteiger partial charge in [-0.05, 0) is 42.2 Å². The lowest BCUT2D eigenvalue weighted by molar-refractivity contribution is -0.123. The highest BCUT2D eigenvalue weighted by Crippen LogP contribution is 2.16. The van der Waals surface area contributed by atoms with Gasteiger partial charge in [0.15, 0.2) is 5.65 Å². The van der Waals surface area contributed by atoms with Crippen LogP contribution in [0, 0.1) is 5.41 Å². The molecule has 2 aromatic heterocycles. The zero-order valence-corrected chi connectivity index (χ0v) is 16.4. The molecule has 150 valence electrons. The predicted octanol–water partition coefficient (Wildman–Crippen LogP) is 2.79. The van der Waals surface area contributed by atoms with Crippen molar-refractivity contribution < 1.29 is 14.7 Å². The second kappa shape index (κ2) is 7.83. The Morgan fingerprint density at radius 1 is 1.10 bits per heavy atom. The summed E-state index contributed by atoms with van der Waals surface area (Å²) in [7, 11) is 0. The molecule has 0 bridgehead atoms. The molecule has 8 heteroatoms. The number of carboxylic acid groups (broad SMARTS) is 1. The molecule has 29 heavy (non-hydrogen) atoms. The van der Waals surface area contributed by atoms with Crippen molar-refractivity contribution in [3.8, 4) is 0 Å². The smallest absolute Gasteiger partial charge is 0.335 e. The van der Waals surface area contributed by atoms with Crippen LogP contribution in [0.25, 0.3) is 11.0 Å². The van der Waals surface area contributed by atoms with E-state index in [1.807, 2.05) is 0 Å². The highest BCUT2D eigenvalue weighted by molar-refractivity contribution is 5.93. The minimum absolute atomic E-state index is 0.0706. The molecule has 3 aromatic rings. The number of aromatic amines is 1. The number of fused-ring (bicyclic) bond motifs is 1. The van der Waals surface area contributed by atoms with Gasteiger partial charge in [0.2, 0.25) is 11.9 Å². The third-order valence-corrected chi connectivity index (χ3v) is 4.43. The van der Waals surface area contributed by atoms with Gasteiger partial charge in [0.25, 0.3) is 5.56 Å². The number of H-pyrrole nitrogens is 1. The zero-order valence-electron chi connectivity index (χ0n) is 16.4. The SMILES string of the molecule is CC(C)(C)C(=O)Nc1nc2ncc(CCc3ccc(C(=O)O)cc3)cc2c(=O)[nH]1. The van der Waals surface area contributed by atoms with Crippen molar-refractivity contribution in [3.05, 3.63) is 63.6 Å². The van der Waals surface area contributed by atoms with Crippen molar-refractivity contribution in [1.82, 2.24) is 15.0 Å². The number of amides is 1. The molecular weight excluding hydrogens is 372 g/mol. The van der Waals surface area contributed by atoms with Gasteiger partial charge < -0.3 is 5.11 Å². The minimum Gasteiger partial charge on any atom is -0.478 e. The first kappa shape index (κ1) is 20.2. The van der Waals surface area contributed by atoms with Crippen LogP contribution in [0.5, 0.6) is 0 Å². The summed E-state index contributed by atoms with van der Waals surface area (Å²) in [4.78, 5) is 46.5. The Labute approximate surface area is 167 Å². The van der Waals surface area contributed by atoms with Gasteiger partial charge in [-0.15, -0.1) is 0 Å². The third-order valence-electron chi connectivity index (χ3n) is 4.43. The van der Waals surface area contributed by atoms with Crippen molar-refractivity contribution in [2.75, 3.05) is 5.32 Å². The predicted molar refractivity (Wildman–Crippen MR) is 109 cm³/mol. The molecule has 3 N–H and O–H groups in total. The van der Waals surface area contributed by atoms with E-state index < -0.39 is 11.4 Å². The fraction of sp³-hybridized carbons (Fsp3) is 0.286. The third kappa shape index (κ3) is 4.84. The summed E-state index contributed by atoms with van der Waals surface area (Å²) in [6.45, 7) is 5.30. The first-order valence-corrected chi connectivity index (χ1v) is 9.16. The van der Waals surface area contributed by atoms with E-state index >= 15 is 0 Å². The van der Waals surface area contributed by atoms with Crippen LogP contribution in [0.15, 0.2) is 41.3 Å². The zero-order chi connectivity index (χ0) is 21.2. The van der Waals surface area contributed by atoms with Gasteiger partial charge in [-0.1, -0.05) is 32.9 Å². The van der Waals surface area contributed by atoms with Crippen LogP contribution in [-0.2, 0) is 17.6 Å². The number of carbonyl (C=O) groups excluding carboxylic acids is 1. The molecule has 1 aromatic carbocycles. The molecule has 0 aliphatic heterocycles. The second-order valence-electron chi connectivity index (χ2n) is 7.84. The van der Waals surface area contributed by atoms with Crippen molar-refractivity contribution in [2.24, 2.45) is 5.41 Å². The van der Waals surface area contributed by atoms with Crippen molar-refractivity contribution >= 4 is 28.9 Å². The number of aryl methyl sites for hydroxylation is 2. The molecule has 0 fully saturated rings. The molecule has 0 saturated carbocycles. The first-order chi connectivity index (χ1) is 13.6. The van der Waals surface area contributed by atoms with Gasteiger partial charge >= 0.3 is 5.97 Å². The van der Waals surface area contributed by atoms with Crippen LogP contribution in [-0.4, -0.2) is 31.9 Å². The number of carboxylic acids is 1. The highest BCUT2D eigenvalue weighted by atomic mass is 16.4. The van der Waals surface area contributed by atoms with E-state index in [0.29, 0.717) is 18.2 Å². The van der Waals surface area contributed by atoms with Gasteiger partial charge in [0, 0.05) is 11.6 Å². The minimum atomic E-state index is -0.958. The van der Waals surface area contributed by atoms with Gasteiger partial charge in [0.05, 0.1) is 10.9 Å². The van der Waals surface area contributed by atoms with E-state index in [1.165, 1.54) is 0 Å². The second-order valence-corrected chi connectivity index (χ2v) is 7.84. The molecule has 0 radical (unpaired) electrons. The quantitative estimate of drug-likeness (QED) is 0.611. The number of pyridine rings is 1. The molecule has 0 atom stereocenters. The Balaban J connectivity index is 1.77. The van der Waals surface area contributed by atoms with Crippen molar-refractivity contribution in [2.45, 2.75) is 33.6 Å². The number of hydrogen-bond acceptors (Lipinski definition) is 5. The average molecular weight is 394 g/mol. The van der Waals surface area contributed by atoms with Gasteiger partial charge in [0.1, 0.15) is 0 Å². The van der Waals surface area contributed by atoms with Crippen LogP contribution < -0.4 is 10.9 Å². The maximum absolute atomic E-state index is 12.4. The lowest BCUT2D eigenvalue weighted by Gasteiger charge is -2.16. The summed E-state index contributed by atoms with van der Waals surface area (Å²) in [5, 5.41) is 11.9. The van der Waals surface area contributed by atoms with Gasteiger partial charge in [-0.2, -0.15) is 4.98 Å². The number of benzene rings is 1. The van der Waals surface area contributed by atoms with E-state index in [4.69, 9.17) is 5.11 Å². The average Bonchev–Trinajstić information content (AvgIpc) is 2.66. The number of anilines is 1. The molecule has 0 spiro atoms. The summed E-state index contributed by atoms with van der Waals surface area (Å²) < 4.78 is 0. The van der Waals surface area contributed by atoms with E-state index in [1.54, 1.807) is 57.3 Å². The topological polar surface area (TPSA) is 125 Å². The molecule has 8 nitrogen and oxygen atoms in total. The molecule has 0 saturated heterocycles. The largest absolute Gasteiger partial charge is 0.478 e. The van der Waals surface area contributed by atoms with E-state index in [0.717, 1.165) is 11.1 Å². The van der Waals surface area contributed by atoms with Gasteiger partial charge in [-0.3, -0.25) is 19.9 Å². The molecule has 0 unspecified atom stereocenters. The number of aromatic nitrogens is 3. The van der Waals surface area contributed by atoms with E-state index in [-0.39, 0.29) is 28.6 Å². The number of hydrogen-bond donors (Lipinski definition) is 3. The van der Waals surface area contributed by atoms with Crippen LogP contribution >= 0.6 is 0 Å². The fourth-order valence-electron chi connectivity index (χ4n) is 2.66. The van der Waals surface area contributed by atoms with Crippen molar-refractivity contribution in [3.63, 3.8) is 0 Å². The maximum atomic E-state index is 12.4. The number of aromatic carboxylic acids is 1. The van der Waals surface area contributed by atoms with Crippen LogP contribution in [0.4, 0.5) is 5.95 Å². The molecule has 0 aliphatic rings. The lowest BCUT2D eigenvalue weighted by atomic mass is 9.96. The monoisotopic (exact) mass is 394 g/mol.